The first-order valence-corrected chi connectivity index (χ1v) is 4.50. The molecule has 4 nitrogen and oxygen atoms in total. The zero-order chi connectivity index (χ0) is 10.8. The summed E-state index contributed by atoms with van der Waals surface area (Å²) in [6.45, 7) is 5.52. The van der Waals surface area contributed by atoms with Crippen LogP contribution in [0.5, 0.6) is 0 Å². The summed E-state index contributed by atoms with van der Waals surface area (Å²) in [5.41, 5.74) is 0.532. The predicted octanol–water partition coefficient (Wildman–Crippen LogP) is 1.63. The van der Waals surface area contributed by atoms with Gasteiger partial charge in [0.25, 0.3) is 0 Å². The zero-order valence-corrected chi connectivity index (χ0v) is 8.53. The number of rotatable bonds is 4. The number of carbonyl (C=O) groups is 1. The molecule has 14 heavy (non-hydrogen) atoms. The topological polar surface area (TPSA) is 59.7 Å². The second-order valence-corrected chi connectivity index (χ2v) is 2.37. The van der Waals surface area contributed by atoms with Gasteiger partial charge in [-0.15, -0.1) is 0 Å². The summed E-state index contributed by atoms with van der Waals surface area (Å²) in [6, 6.07) is 1.56. The van der Waals surface area contributed by atoms with Crippen LogP contribution in [-0.2, 0) is 11.3 Å². The number of carbonyl (C=O) groups excluding carboxylic acids is 1. The van der Waals surface area contributed by atoms with Crippen LogP contribution in [0.4, 0.5) is 0 Å². The van der Waals surface area contributed by atoms with E-state index >= 15 is 0 Å². The van der Waals surface area contributed by atoms with Crippen molar-refractivity contribution in [3.63, 3.8) is 0 Å². The van der Waals surface area contributed by atoms with Gasteiger partial charge in [0.2, 0.25) is 0 Å². The van der Waals surface area contributed by atoms with E-state index in [-0.39, 0.29) is 12.4 Å². The second-order valence-electron chi connectivity index (χ2n) is 2.37. The Balaban J connectivity index is 0.000000292. The molecule has 0 unspecified atom stereocenters. The normalized spacial score (nSPS) is 9.07. The van der Waals surface area contributed by atoms with Crippen molar-refractivity contribution in [2.75, 3.05) is 13.2 Å². The number of furan rings is 1. The summed E-state index contributed by atoms with van der Waals surface area (Å²) in [6.07, 6.45) is 1.95. The van der Waals surface area contributed by atoms with Crippen molar-refractivity contribution in [1.82, 2.24) is 0 Å². The number of hydrogen-bond acceptors (Lipinski definition) is 4. The molecule has 0 spiro atoms. The quantitative estimate of drug-likeness (QED) is 0.750. The van der Waals surface area contributed by atoms with Crippen LogP contribution in [0.15, 0.2) is 16.7 Å². The van der Waals surface area contributed by atoms with Gasteiger partial charge >= 0.3 is 0 Å². The Bertz CT molecular complexity index is 240. The van der Waals surface area contributed by atoms with Crippen molar-refractivity contribution in [2.45, 2.75) is 20.5 Å². The van der Waals surface area contributed by atoms with Crippen molar-refractivity contribution in [3.8, 4) is 0 Å². The molecule has 0 fully saturated rings. The van der Waals surface area contributed by atoms with Crippen molar-refractivity contribution >= 4 is 6.29 Å². The summed E-state index contributed by atoms with van der Waals surface area (Å²) < 4.78 is 9.51. The van der Waals surface area contributed by atoms with Crippen LogP contribution in [0.1, 0.15) is 30.0 Å². The lowest BCUT2D eigenvalue weighted by Gasteiger charge is -1.86. The maximum Gasteiger partial charge on any atom is 0.185 e. The van der Waals surface area contributed by atoms with E-state index in [4.69, 9.17) is 9.84 Å². The minimum absolute atomic E-state index is 0.148. The number of aliphatic hydroxyl groups is 1. The van der Waals surface area contributed by atoms with Gasteiger partial charge in [-0.1, -0.05) is 0 Å². The number of ether oxygens (including phenoxy) is 1. The molecule has 0 bridgehead atoms. The van der Waals surface area contributed by atoms with Crippen molar-refractivity contribution in [1.29, 1.82) is 0 Å². The van der Waals surface area contributed by atoms with Gasteiger partial charge in [0.1, 0.15) is 0 Å². The largest absolute Gasteiger partial charge is 0.461 e. The lowest BCUT2D eigenvalue weighted by molar-refractivity contribution is 0.109. The molecule has 1 aromatic heterocycles. The van der Waals surface area contributed by atoms with Crippen LogP contribution in [-0.4, -0.2) is 24.6 Å². The lowest BCUT2D eigenvalue weighted by Crippen LogP contribution is -1.84. The first kappa shape index (κ1) is 12.9. The first-order valence-electron chi connectivity index (χ1n) is 4.50. The van der Waals surface area contributed by atoms with Crippen molar-refractivity contribution < 1.29 is 19.1 Å². The average Bonchev–Trinajstić information content (AvgIpc) is 2.67. The number of aldehydes is 1. The highest BCUT2D eigenvalue weighted by Gasteiger charge is 2.00. The van der Waals surface area contributed by atoms with Crippen LogP contribution < -0.4 is 0 Å². The van der Waals surface area contributed by atoms with Crippen LogP contribution >= 0.6 is 0 Å². The Labute approximate surface area is 83.5 Å². The van der Waals surface area contributed by atoms with E-state index < -0.39 is 0 Å². The van der Waals surface area contributed by atoms with Gasteiger partial charge in [-0.2, -0.15) is 0 Å². The molecular formula is C10H16O4. The highest BCUT2D eigenvalue weighted by Crippen LogP contribution is 2.06. The molecule has 1 aromatic rings. The molecule has 0 saturated carbocycles. The molecule has 0 atom stereocenters. The molecule has 1 N–H and O–H groups in total. The fraction of sp³-hybridized carbons (Fsp3) is 0.500. The predicted molar refractivity (Wildman–Crippen MR) is 52.2 cm³/mol. The monoisotopic (exact) mass is 200 g/mol. The molecule has 4 heteroatoms. The molecule has 0 radical (unpaired) electrons. The van der Waals surface area contributed by atoms with Gasteiger partial charge in [-0.3, -0.25) is 4.79 Å². The fourth-order valence-electron chi connectivity index (χ4n) is 0.785. The smallest absolute Gasteiger partial charge is 0.185 e. The van der Waals surface area contributed by atoms with Crippen LogP contribution in [0.2, 0.25) is 0 Å². The Morgan fingerprint density at radius 1 is 1.50 bits per heavy atom. The van der Waals surface area contributed by atoms with E-state index in [1.54, 1.807) is 6.07 Å². The van der Waals surface area contributed by atoms with E-state index in [9.17, 15) is 4.79 Å². The van der Waals surface area contributed by atoms with E-state index in [0.717, 1.165) is 13.2 Å². The van der Waals surface area contributed by atoms with Crippen LogP contribution in [0.3, 0.4) is 0 Å². The maximum absolute atomic E-state index is 10.0. The SMILES string of the molecule is CCOCC.O=Cc1occc1CO. The van der Waals surface area contributed by atoms with E-state index in [1.807, 2.05) is 13.8 Å². The summed E-state index contributed by atoms with van der Waals surface area (Å²) in [4.78, 5) is 10.0. The number of hydrogen-bond donors (Lipinski definition) is 1. The van der Waals surface area contributed by atoms with Crippen molar-refractivity contribution in [3.05, 3.63) is 23.7 Å². The van der Waals surface area contributed by atoms with Gasteiger partial charge in [0.15, 0.2) is 12.0 Å². The minimum Gasteiger partial charge on any atom is -0.461 e. The van der Waals surface area contributed by atoms with E-state index in [1.165, 1.54) is 6.26 Å². The summed E-state index contributed by atoms with van der Waals surface area (Å²) in [5, 5.41) is 8.52. The molecule has 1 rings (SSSR count). The summed E-state index contributed by atoms with van der Waals surface area (Å²) in [5.74, 6) is 0.206. The molecule has 1 heterocycles. The Kier molecular flexibility index (Phi) is 7.78. The molecule has 80 valence electrons. The molecule has 0 saturated heterocycles. The Morgan fingerprint density at radius 3 is 2.43 bits per heavy atom. The first-order chi connectivity index (χ1) is 6.79. The second kappa shape index (κ2) is 8.47. The molecule has 0 aliphatic rings. The third-order valence-corrected chi connectivity index (χ3v) is 1.47. The molecule has 0 amide bonds. The van der Waals surface area contributed by atoms with E-state index in [0.29, 0.717) is 11.8 Å². The molecular weight excluding hydrogens is 184 g/mol. The van der Waals surface area contributed by atoms with Gasteiger partial charge < -0.3 is 14.3 Å². The van der Waals surface area contributed by atoms with Gasteiger partial charge in [0, 0.05) is 18.8 Å². The maximum atomic E-state index is 10.0. The van der Waals surface area contributed by atoms with Gasteiger partial charge in [0.05, 0.1) is 12.9 Å². The lowest BCUT2D eigenvalue weighted by atomic mass is 10.3. The van der Waals surface area contributed by atoms with E-state index in [2.05, 4.69) is 4.42 Å². The molecule has 0 aromatic carbocycles. The van der Waals surface area contributed by atoms with Crippen LogP contribution in [0, 0.1) is 0 Å². The minimum atomic E-state index is -0.148. The zero-order valence-electron chi connectivity index (χ0n) is 8.53. The third-order valence-electron chi connectivity index (χ3n) is 1.47. The average molecular weight is 200 g/mol. The van der Waals surface area contributed by atoms with Gasteiger partial charge in [-0.25, -0.2) is 0 Å². The highest BCUT2D eigenvalue weighted by atomic mass is 16.5. The van der Waals surface area contributed by atoms with Crippen LogP contribution in [0.25, 0.3) is 0 Å². The Hall–Kier alpha value is -1.13. The summed E-state index contributed by atoms with van der Waals surface area (Å²) >= 11 is 0. The van der Waals surface area contributed by atoms with Gasteiger partial charge in [-0.05, 0) is 19.9 Å². The Morgan fingerprint density at radius 2 is 2.14 bits per heavy atom. The molecule has 0 aliphatic carbocycles. The van der Waals surface area contributed by atoms with Crippen molar-refractivity contribution in [2.24, 2.45) is 0 Å². The number of aliphatic hydroxyl groups excluding tert-OH is 1. The molecule has 0 aliphatic heterocycles. The third kappa shape index (κ3) is 4.79. The standard InChI is InChI=1S/C6H6O3.C4H10O/c7-3-5-1-2-9-6(5)4-8;1-3-5-4-2/h1-2,4,7H,3H2;3-4H2,1-2H3. The summed E-state index contributed by atoms with van der Waals surface area (Å²) in [7, 11) is 0. The highest BCUT2D eigenvalue weighted by molar-refractivity contribution is 5.72. The fourth-order valence-corrected chi connectivity index (χ4v) is 0.785.